The quantitative estimate of drug-likeness (QED) is 0.723. The fourth-order valence-electron chi connectivity index (χ4n) is 2.39. The monoisotopic (exact) mass is 194 g/mol. The van der Waals surface area contributed by atoms with Crippen molar-refractivity contribution in [2.45, 2.75) is 45.2 Å². The summed E-state index contributed by atoms with van der Waals surface area (Å²) in [5, 5.41) is 0. The summed E-state index contributed by atoms with van der Waals surface area (Å²) in [6.07, 6.45) is 4.56. The van der Waals surface area contributed by atoms with Gasteiger partial charge < -0.3 is 4.42 Å². The third-order valence-corrected chi connectivity index (χ3v) is 3.09. The Hall–Kier alpha value is -0.830. The van der Waals surface area contributed by atoms with Crippen molar-refractivity contribution in [1.29, 1.82) is 0 Å². The van der Waals surface area contributed by atoms with Crippen LogP contribution in [0.3, 0.4) is 0 Å². The van der Waals surface area contributed by atoms with Crippen molar-refractivity contribution in [2.24, 2.45) is 0 Å². The van der Waals surface area contributed by atoms with Gasteiger partial charge in [-0.05, 0) is 27.2 Å². The van der Waals surface area contributed by atoms with Crippen LogP contribution in [0.4, 0.5) is 0 Å². The maximum absolute atomic E-state index is 5.36. The maximum Gasteiger partial charge on any atom is 0.198 e. The second-order valence-electron chi connectivity index (χ2n) is 4.44. The third-order valence-electron chi connectivity index (χ3n) is 3.09. The van der Waals surface area contributed by atoms with Gasteiger partial charge in [0.05, 0.1) is 6.20 Å². The van der Waals surface area contributed by atoms with Crippen LogP contribution in [-0.2, 0) is 0 Å². The highest BCUT2D eigenvalue weighted by molar-refractivity contribution is 5.00. The van der Waals surface area contributed by atoms with Crippen LogP contribution in [-0.4, -0.2) is 28.5 Å². The summed E-state index contributed by atoms with van der Waals surface area (Å²) in [5.74, 6) is 1.39. The minimum Gasteiger partial charge on any atom is -0.449 e. The van der Waals surface area contributed by atoms with Gasteiger partial charge in [-0.2, -0.15) is 0 Å². The van der Waals surface area contributed by atoms with Crippen LogP contribution < -0.4 is 0 Å². The number of likely N-dealkylation sites (tertiary alicyclic amines) is 1. The van der Waals surface area contributed by atoms with Gasteiger partial charge in [-0.3, -0.25) is 4.90 Å². The summed E-state index contributed by atoms with van der Waals surface area (Å²) in [7, 11) is 0. The molecule has 14 heavy (non-hydrogen) atoms. The Balaban J connectivity index is 2.06. The van der Waals surface area contributed by atoms with E-state index in [1.165, 1.54) is 6.42 Å². The number of hydrogen-bond acceptors (Lipinski definition) is 3. The molecular formula is C11H18N2O. The molecule has 0 spiro atoms. The van der Waals surface area contributed by atoms with E-state index in [2.05, 4.69) is 30.7 Å². The van der Waals surface area contributed by atoms with Gasteiger partial charge >= 0.3 is 0 Å². The van der Waals surface area contributed by atoms with Crippen LogP contribution in [0.15, 0.2) is 16.9 Å². The van der Waals surface area contributed by atoms with E-state index in [0.29, 0.717) is 18.0 Å². The average Bonchev–Trinajstić information content (AvgIpc) is 2.70. The smallest absolute Gasteiger partial charge is 0.198 e. The zero-order chi connectivity index (χ0) is 10.1. The first kappa shape index (κ1) is 9.71. The van der Waals surface area contributed by atoms with Crippen LogP contribution in [0, 0.1) is 0 Å². The highest BCUT2D eigenvalue weighted by atomic mass is 16.3. The lowest BCUT2D eigenvalue weighted by molar-refractivity contribution is 0.213. The second kappa shape index (κ2) is 3.73. The molecule has 2 heterocycles. The van der Waals surface area contributed by atoms with Gasteiger partial charge in [-0.1, -0.05) is 0 Å². The summed E-state index contributed by atoms with van der Waals surface area (Å²) < 4.78 is 5.36. The van der Waals surface area contributed by atoms with E-state index in [4.69, 9.17) is 4.42 Å². The van der Waals surface area contributed by atoms with Crippen molar-refractivity contribution in [3.63, 3.8) is 0 Å². The fourth-order valence-corrected chi connectivity index (χ4v) is 2.39. The Morgan fingerprint density at radius 2 is 2.36 bits per heavy atom. The highest BCUT2D eigenvalue weighted by Gasteiger charge is 2.33. The molecule has 0 aromatic carbocycles. The molecule has 0 bridgehead atoms. The molecule has 1 aromatic rings. The number of hydrogen-bond donors (Lipinski definition) is 0. The van der Waals surface area contributed by atoms with E-state index in [1.54, 1.807) is 12.5 Å². The van der Waals surface area contributed by atoms with Gasteiger partial charge in [-0.25, -0.2) is 4.98 Å². The molecule has 3 heteroatoms. The fraction of sp³-hybridized carbons (Fsp3) is 0.727. The lowest BCUT2D eigenvalue weighted by Crippen LogP contribution is -2.33. The van der Waals surface area contributed by atoms with E-state index in [1.807, 2.05) is 0 Å². The molecule has 1 aliphatic rings. The largest absolute Gasteiger partial charge is 0.449 e. The first-order valence-corrected chi connectivity index (χ1v) is 5.33. The van der Waals surface area contributed by atoms with Gasteiger partial charge in [0.25, 0.3) is 0 Å². The van der Waals surface area contributed by atoms with Gasteiger partial charge in [-0.15, -0.1) is 0 Å². The van der Waals surface area contributed by atoms with Gasteiger partial charge in [0.2, 0.25) is 0 Å². The zero-order valence-electron chi connectivity index (χ0n) is 9.10. The van der Waals surface area contributed by atoms with E-state index < -0.39 is 0 Å². The van der Waals surface area contributed by atoms with E-state index in [-0.39, 0.29) is 0 Å². The molecule has 0 aliphatic carbocycles. The van der Waals surface area contributed by atoms with Crippen molar-refractivity contribution in [3.8, 4) is 0 Å². The molecule has 0 saturated carbocycles. The molecular weight excluding hydrogens is 176 g/mol. The van der Waals surface area contributed by atoms with Crippen LogP contribution in [0.1, 0.15) is 39.0 Å². The normalized spacial score (nSPS) is 28.9. The zero-order valence-corrected chi connectivity index (χ0v) is 9.10. The predicted molar refractivity (Wildman–Crippen MR) is 55.2 cm³/mol. The second-order valence-corrected chi connectivity index (χ2v) is 4.44. The molecule has 0 unspecified atom stereocenters. The highest BCUT2D eigenvalue weighted by Crippen LogP contribution is 2.31. The lowest BCUT2D eigenvalue weighted by Gasteiger charge is -2.25. The Kier molecular flexibility index (Phi) is 2.59. The number of oxazole rings is 1. The van der Waals surface area contributed by atoms with Gasteiger partial charge in [0.1, 0.15) is 6.26 Å². The first-order chi connectivity index (χ1) is 6.68. The standard InChI is InChI=1S/C11H18N2O/c1-8(2)13-7-10(6-9(13)3)11-12-4-5-14-11/h4-5,8-10H,6-7H2,1-3H3/t9-,10+/m1/s1. The molecule has 78 valence electrons. The van der Waals surface area contributed by atoms with Crippen LogP contribution in [0.5, 0.6) is 0 Å². The van der Waals surface area contributed by atoms with E-state index in [9.17, 15) is 0 Å². The van der Waals surface area contributed by atoms with Crippen LogP contribution in [0.2, 0.25) is 0 Å². The molecule has 0 amide bonds. The maximum atomic E-state index is 5.36. The Morgan fingerprint density at radius 3 is 2.86 bits per heavy atom. The molecule has 2 rings (SSSR count). The average molecular weight is 194 g/mol. The van der Waals surface area contributed by atoms with Gasteiger partial charge in [0, 0.05) is 24.5 Å². The Bertz CT molecular complexity index is 281. The number of nitrogens with zero attached hydrogens (tertiary/aromatic N) is 2. The van der Waals surface area contributed by atoms with Crippen molar-refractivity contribution in [2.75, 3.05) is 6.54 Å². The Labute approximate surface area is 85.1 Å². The summed E-state index contributed by atoms with van der Waals surface area (Å²) in [4.78, 5) is 6.74. The minimum absolute atomic E-state index is 0.488. The predicted octanol–water partition coefficient (Wildman–Crippen LogP) is 2.26. The summed E-state index contributed by atoms with van der Waals surface area (Å²) >= 11 is 0. The molecule has 2 atom stereocenters. The van der Waals surface area contributed by atoms with E-state index in [0.717, 1.165) is 12.4 Å². The van der Waals surface area contributed by atoms with Crippen molar-refractivity contribution >= 4 is 0 Å². The van der Waals surface area contributed by atoms with E-state index >= 15 is 0 Å². The minimum atomic E-state index is 0.488. The van der Waals surface area contributed by atoms with Crippen molar-refractivity contribution < 1.29 is 4.42 Å². The molecule has 0 N–H and O–H groups in total. The Morgan fingerprint density at radius 1 is 1.57 bits per heavy atom. The van der Waals surface area contributed by atoms with Crippen molar-refractivity contribution in [1.82, 2.24) is 9.88 Å². The van der Waals surface area contributed by atoms with Crippen molar-refractivity contribution in [3.05, 3.63) is 18.4 Å². The number of aromatic nitrogens is 1. The summed E-state index contributed by atoms with van der Waals surface area (Å²) in [6, 6.07) is 1.26. The van der Waals surface area contributed by atoms with Crippen LogP contribution in [0.25, 0.3) is 0 Å². The lowest BCUT2D eigenvalue weighted by atomic mass is 10.1. The SMILES string of the molecule is CC(C)N1C[C@@H](c2ncco2)C[C@H]1C. The molecule has 1 saturated heterocycles. The molecule has 1 fully saturated rings. The van der Waals surface area contributed by atoms with Crippen LogP contribution >= 0.6 is 0 Å². The molecule has 1 aliphatic heterocycles. The van der Waals surface area contributed by atoms with Gasteiger partial charge in [0.15, 0.2) is 5.89 Å². The number of rotatable bonds is 2. The molecule has 0 radical (unpaired) electrons. The first-order valence-electron chi connectivity index (χ1n) is 5.33. The topological polar surface area (TPSA) is 29.3 Å². The molecule has 3 nitrogen and oxygen atoms in total. The third kappa shape index (κ3) is 1.69. The molecule has 1 aromatic heterocycles. The summed E-state index contributed by atoms with van der Waals surface area (Å²) in [5.41, 5.74) is 0. The summed E-state index contributed by atoms with van der Waals surface area (Å²) in [6.45, 7) is 7.85.